The SMILES string of the molecule is N#CC1(C=O)C(c2ccc(Br)cc2)C1S(=O)(=O)c1ccccc1. The van der Waals surface area contributed by atoms with Gasteiger partial charge in [-0.25, -0.2) is 8.42 Å². The van der Waals surface area contributed by atoms with Crippen molar-refractivity contribution >= 4 is 32.1 Å². The van der Waals surface area contributed by atoms with Gasteiger partial charge in [-0.15, -0.1) is 0 Å². The fourth-order valence-electron chi connectivity index (χ4n) is 2.99. The number of benzene rings is 2. The molecule has 0 saturated heterocycles. The van der Waals surface area contributed by atoms with Crippen molar-refractivity contribution in [2.75, 3.05) is 0 Å². The van der Waals surface area contributed by atoms with Gasteiger partial charge in [0.25, 0.3) is 0 Å². The van der Waals surface area contributed by atoms with Crippen LogP contribution in [0.2, 0.25) is 0 Å². The first kappa shape index (κ1) is 15.9. The number of hydrogen-bond acceptors (Lipinski definition) is 4. The maximum absolute atomic E-state index is 12.9. The van der Waals surface area contributed by atoms with E-state index in [9.17, 15) is 18.5 Å². The summed E-state index contributed by atoms with van der Waals surface area (Å²) in [6, 6.07) is 16.9. The van der Waals surface area contributed by atoms with Crippen LogP contribution < -0.4 is 0 Å². The van der Waals surface area contributed by atoms with Crippen molar-refractivity contribution in [2.45, 2.75) is 16.1 Å². The summed E-state index contributed by atoms with van der Waals surface area (Å²) in [5, 5.41) is 8.41. The standard InChI is InChI=1S/C17H12BrNO3S/c18-13-8-6-12(7-9-13)15-16(17(15,10-19)11-20)23(21,22)14-4-2-1-3-5-14/h1-9,11,15-16H. The zero-order valence-corrected chi connectivity index (χ0v) is 14.3. The molecule has 1 aliphatic rings. The normalized spacial score (nSPS) is 26.3. The first-order valence-corrected chi connectivity index (χ1v) is 9.23. The Bertz CT molecular complexity index is 888. The van der Waals surface area contributed by atoms with E-state index in [-0.39, 0.29) is 4.90 Å². The largest absolute Gasteiger partial charge is 0.302 e. The molecule has 3 atom stereocenters. The van der Waals surface area contributed by atoms with Crippen LogP contribution in [0, 0.1) is 16.7 Å². The van der Waals surface area contributed by atoms with Crippen LogP contribution in [0.15, 0.2) is 64.0 Å². The molecule has 0 N–H and O–H groups in total. The third kappa shape index (κ3) is 2.41. The van der Waals surface area contributed by atoms with Gasteiger partial charge in [0.2, 0.25) is 0 Å². The number of hydrogen-bond donors (Lipinski definition) is 0. The number of carbonyl (C=O) groups excluding carboxylic acids is 1. The number of carbonyl (C=O) groups is 1. The third-order valence-corrected chi connectivity index (χ3v) is 6.99. The lowest BCUT2D eigenvalue weighted by Crippen LogP contribution is -2.16. The number of sulfone groups is 1. The number of halogens is 1. The zero-order valence-electron chi connectivity index (χ0n) is 11.9. The second-order valence-corrected chi connectivity index (χ2v) is 8.46. The zero-order chi connectivity index (χ0) is 16.7. The Hall–Kier alpha value is -1.97. The minimum Gasteiger partial charge on any atom is -0.302 e. The highest BCUT2D eigenvalue weighted by Crippen LogP contribution is 2.62. The van der Waals surface area contributed by atoms with E-state index in [2.05, 4.69) is 15.9 Å². The van der Waals surface area contributed by atoms with Crippen LogP contribution in [-0.2, 0) is 14.6 Å². The van der Waals surface area contributed by atoms with E-state index in [1.54, 1.807) is 42.5 Å². The Balaban J connectivity index is 2.09. The lowest BCUT2D eigenvalue weighted by atomic mass is 10.0. The maximum Gasteiger partial charge on any atom is 0.183 e. The second-order valence-electron chi connectivity index (χ2n) is 5.47. The predicted molar refractivity (Wildman–Crippen MR) is 88.4 cm³/mol. The number of nitriles is 1. The van der Waals surface area contributed by atoms with Crippen molar-refractivity contribution in [3.63, 3.8) is 0 Å². The summed E-state index contributed by atoms with van der Waals surface area (Å²) in [6.07, 6.45) is 0.477. The van der Waals surface area contributed by atoms with E-state index < -0.39 is 26.4 Å². The van der Waals surface area contributed by atoms with Crippen molar-refractivity contribution in [1.82, 2.24) is 0 Å². The van der Waals surface area contributed by atoms with Crippen LogP contribution in [0.4, 0.5) is 0 Å². The van der Waals surface area contributed by atoms with E-state index in [1.807, 2.05) is 6.07 Å². The highest BCUT2D eigenvalue weighted by atomic mass is 79.9. The Morgan fingerprint density at radius 2 is 1.70 bits per heavy atom. The fraction of sp³-hybridized carbons (Fsp3) is 0.176. The van der Waals surface area contributed by atoms with Crippen LogP contribution in [0.25, 0.3) is 0 Å². The Kier molecular flexibility index (Phi) is 3.86. The van der Waals surface area contributed by atoms with Crippen molar-refractivity contribution in [1.29, 1.82) is 5.26 Å². The first-order chi connectivity index (χ1) is 11.0. The molecule has 0 bridgehead atoms. The van der Waals surface area contributed by atoms with E-state index in [0.29, 0.717) is 11.8 Å². The topological polar surface area (TPSA) is 75.0 Å². The highest BCUT2D eigenvalue weighted by Gasteiger charge is 2.72. The van der Waals surface area contributed by atoms with Crippen LogP contribution in [0.3, 0.4) is 0 Å². The van der Waals surface area contributed by atoms with Gasteiger partial charge < -0.3 is 4.79 Å². The van der Waals surface area contributed by atoms with Gasteiger partial charge in [-0.3, -0.25) is 0 Å². The summed E-state index contributed by atoms with van der Waals surface area (Å²) in [5.41, 5.74) is -0.853. The molecule has 2 aromatic rings. The van der Waals surface area contributed by atoms with Crippen molar-refractivity contribution in [3.8, 4) is 6.07 Å². The molecule has 1 aliphatic carbocycles. The van der Waals surface area contributed by atoms with Gasteiger partial charge in [-0.2, -0.15) is 5.26 Å². The molecule has 0 aromatic heterocycles. The van der Waals surface area contributed by atoms with Gasteiger partial charge in [-0.1, -0.05) is 46.3 Å². The summed E-state index contributed by atoms with van der Waals surface area (Å²) < 4.78 is 26.6. The average molecular weight is 390 g/mol. The summed E-state index contributed by atoms with van der Waals surface area (Å²) in [7, 11) is -3.77. The highest BCUT2D eigenvalue weighted by molar-refractivity contribution is 9.10. The van der Waals surface area contributed by atoms with Crippen LogP contribution in [0.5, 0.6) is 0 Å². The maximum atomic E-state index is 12.9. The molecule has 6 heteroatoms. The number of aldehydes is 1. The molecule has 0 spiro atoms. The fourth-order valence-corrected chi connectivity index (χ4v) is 5.51. The van der Waals surface area contributed by atoms with E-state index in [1.165, 1.54) is 12.1 Å². The molecule has 3 unspecified atom stereocenters. The van der Waals surface area contributed by atoms with Crippen LogP contribution in [0.1, 0.15) is 11.5 Å². The van der Waals surface area contributed by atoms with E-state index in [4.69, 9.17) is 0 Å². The molecule has 2 aromatic carbocycles. The molecular weight excluding hydrogens is 378 g/mol. The molecule has 0 heterocycles. The summed E-state index contributed by atoms with van der Waals surface area (Å²) in [6.45, 7) is 0. The van der Waals surface area contributed by atoms with Crippen LogP contribution >= 0.6 is 15.9 Å². The van der Waals surface area contributed by atoms with Gasteiger partial charge in [-0.05, 0) is 29.8 Å². The Labute approximate surface area is 142 Å². The molecule has 0 amide bonds. The summed E-state index contributed by atoms with van der Waals surface area (Å²) in [5.74, 6) is -0.650. The molecule has 116 valence electrons. The molecular formula is C17H12BrNO3S. The molecule has 3 rings (SSSR count). The van der Waals surface area contributed by atoms with E-state index in [0.717, 1.165) is 4.47 Å². The van der Waals surface area contributed by atoms with Gasteiger partial charge in [0.05, 0.1) is 11.0 Å². The van der Waals surface area contributed by atoms with Gasteiger partial charge in [0.15, 0.2) is 9.84 Å². The second kappa shape index (κ2) is 5.59. The van der Waals surface area contributed by atoms with Gasteiger partial charge in [0.1, 0.15) is 17.0 Å². The molecule has 4 nitrogen and oxygen atoms in total. The minimum atomic E-state index is -3.77. The van der Waals surface area contributed by atoms with E-state index >= 15 is 0 Å². The first-order valence-electron chi connectivity index (χ1n) is 6.89. The monoisotopic (exact) mass is 389 g/mol. The minimum absolute atomic E-state index is 0.131. The molecule has 1 fully saturated rings. The third-order valence-electron chi connectivity index (χ3n) is 4.20. The van der Waals surface area contributed by atoms with Crippen molar-refractivity contribution < 1.29 is 13.2 Å². The van der Waals surface area contributed by atoms with Crippen molar-refractivity contribution in [2.24, 2.45) is 5.41 Å². The summed E-state index contributed by atoms with van der Waals surface area (Å²) in [4.78, 5) is 11.7. The summed E-state index contributed by atoms with van der Waals surface area (Å²) >= 11 is 3.32. The molecule has 0 aliphatic heterocycles. The Morgan fingerprint density at radius 1 is 1.09 bits per heavy atom. The lowest BCUT2D eigenvalue weighted by Gasteiger charge is -2.04. The number of rotatable bonds is 4. The average Bonchev–Trinajstić information content (AvgIpc) is 3.27. The van der Waals surface area contributed by atoms with Gasteiger partial charge in [0, 0.05) is 10.4 Å². The van der Waals surface area contributed by atoms with Crippen LogP contribution in [-0.4, -0.2) is 20.0 Å². The predicted octanol–water partition coefficient (Wildman–Crippen LogP) is 3.10. The van der Waals surface area contributed by atoms with Crippen molar-refractivity contribution in [3.05, 3.63) is 64.6 Å². The molecule has 0 radical (unpaired) electrons. The van der Waals surface area contributed by atoms with Gasteiger partial charge >= 0.3 is 0 Å². The Morgan fingerprint density at radius 3 is 2.22 bits per heavy atom. The quantitative estimate of drug-likeness (QED) is 0.752. The molecule has 1 saturated carbocycles. The number of nitrogens with zero attached hydrogens (tertiary/aromatic N) is 1. The molecule has 23 heavy (non-hydrogen) atoms. The smallest absolute Gasteiger partial charge is 0.183 e. The lowest BCUT2D eigenvalue weighted by molar-refractivity contribution is -0.110.